The van der Waals surface area contributed by atoms with Crippen molar-refractivity contribution in [1.82, 2.24) is 4.98 Å². The van der Waals surface area contributed by atoms with Crippen molar-refractivity contribution in [3.05, 3.63) is 53.7 Å². The second-order valence-corrected chi connectivity index (χ2v) is 3.91. The van der Waals surface area contributed by atoms with Gasteiger partial charge in [-0.3, -0.25) is 0 Å². The van der Waals surface area contributed by atoms with Crippen molar-refractivity contribution < 1.29 is 9.90 Å². The van der Waals surface area contributed by atoms with Gasteiger partial charge in [0, 0.05) is 19.8 Å². The molecule has 0 radical (unpaired) electrons. The highest BCUT2D eigenvalue weighted by Gasteiger charge is 2.04. The van der Waals surface area contributed by atoms with Crippen LogP contribution in [0.25, 0.3) is 0 Å². The Labute approximate surface area is 99.5 Å². The van der Waals surface area contributed by atoms with Crippen LogP contribution in [0.15, 0.2) is 42.6 Å². The van der Waals surface area contributed by atoms with Crippen molar-refractivity contribution in [2.24, 2.45) is 0 Å². The van der Waals surface area contributed by atoms with Crippen LogP contribution in [0.4, 0.5) is 5.82 Å². The van der Waals surface area contributed by atoms with E-state index in [4.69, 9.17) is 5.11 Å². The third-order valence-corrected chi connectivity index (χ3v) is 2.61. The van der Waals surface area contributed by atoms with Gasteiger partial charge in [0.1, 0.15) is 5.82 Å². The summed E-state index contributed by atoms with van der Waals surface area (Å²) in [7, 11) is 1.98. The lowest BCUT2D eigenvalue weighted by Gasteiger charge is -2.17. The third kappa shape index (κ3) is 2.66. The number of anilines is 1. The molecular weight excluding hydrogens is 216 g/mol. The number of carboxylic acid groups (broad SMARTS) is 1. The molecule has 1 aromatic heterocycles. The Morgan fingerprint density at radius 2 is 2.00 bits per heavy atom. The van der Waals surface area contributed by atoms with Gasteiger partial charge < -0.3 is 15.0 Å². The summed E-state index contributed by atoms with van der Waals surface area (Å²) >= 11 is 0. The van der Waals surface area contributed by atoms with Gasteiger partial charge >= 0.3 is 5.97 Å². The van der Waals surface area contributed by atoms with E-state index in [9.17, 15) is 4.79 Å². The standard InChI is InChI=1S/C13H14N2O2/c1-15(12-3-2-8-14-12)9-10-4-6-11(7-5-10)13(16)17/h2-8,14H,9H2,1H3,(H,16,17). The minimum Gasteiger partial charge on any atom is -0.478 e. The summed E-state index contributed by atoms with van der Waals surface area (Å²) < 4.78 is 0. The first-order valence-electron chi connectivity index (χ1n) is 5.33. The Bertz CT molecular complexity index is 489. The number of rotatable bonds is 4. The van der Waals surface area contributed by atoms with Crippen molar-refractivity contribution in [3.8, 4) is 0 Å². The predicted octanol–water partition coefficient (Wildman–Crippen LogP) is 2.35. The van der Waals surface area contributed by atoms with Crippen molar-refractivity contribution in [3.63, 3.8) is 0 Å². The Morgan fingerprint density at radius 3 is 2.53 bits per heavy atom. The average Bonchev–Trinajstić information content (AvgIpc) is 2.83. The SMILES string of the molecule is CN(Cc1ccc(C(=O)O)cc1)c1ccc[nH]1. The number of hydrogen-bond acceptors (Lipinski definition) is 2. The molecule has 0 amide bonds. The maximum atomic E-state index is 10.7. The summed E-state index contributed by atoms with van der Waals surface area (Å²) in [6.45, 7) is 0.737. The Kier molecular flexibility index (Phi) is 3.14. The van der Waals surface area contributed by atoms with Crippen LogP contribution in [-0.2, 0) is 6.54 Å². The Morgan fingerprint density at radius 1 is 1.29 bits per heavy atom. The maximum Gasteiger partial charge on any atom is 0.335 e. The summed E-state index contributed by atoms with van der Waals surface area (Å²) in [5, 5.41) is 8.79. The van der Waals surface area contributed by atoms with E-state index in [-0.39, 0.29) is 0 Å². The van der Waals surface area contributed by atoms with Crippen molar-refractivity contribution in [2.75, 3.05) is 11.9 Å². The van der Waals surface area contributed by atoms with Crippen LogP contribution in [0.2, 0.25) is 0 Å². The second-order valence-electron chi connectivity index (χ2n) is 3.91. The van der Waals surface area contributed by atoms with E-state index < -0.39 is 5.97 Å². The summed E-state index contributed by atoms with van der Waals surface area (Å²) in [6.07, 6.45) is 1.87. The number of benzene rings is 1. The second kappa shape index (κ2) is 4.74. The maximum absolute atomic E-state index is 10.7. The zero-order chi connectivity index (χ0) is 12.3. The van der Waals surface area contributed by atoms with Crippen LogP contribution in [0, 0.1) is 0 Å². The number of carbonyl (C=O) groups is 1. The minimum absolute atomic E-state index is 0.316. The quantitative estimate of drug-likeness (QED) is 0.847. The number of hydrogen-bond donors (Lipinski definition) is 2. The van der Waals surface area contributed by atoms with Crippen molar-refractivity contribution >= 4 is 11.8 Å². The summed E-state index contributed by atoms with van der Waals surface area (Å²) in [4.78, 5) is 15.9. The van der Waals surface area contributed by atoms with E-state index >= 15 is 0 Å². The molecule has 88 valence electrons. The first-order chi connectivity index (χ1) is 8.16. The topological polar surface area (TPSA) is 56.3 Å². The van der Waals surface area contributed by atoms with Crippen LogP contribution < -0.4 is 4.90 Å². The molecule has 0 saturated carbocycles. The average molecular weight is 230 g/mol. The molecule has 2 N–H and O–H groups in total. The van der Waals surface area contributed by atoms with Gasteiger partial charge in [-0.05, 0) is 29.8 Å². The third-order valence-electron chi connectivity index (χ3n) is 2.61. The van der Waals surface area contributed by atoms with Crippen molar-refractivity contribution in [2.45, 2.75) is 6.54 Å². The number of aromatic amines is 1. The lowest BCUT2D eigenvalue weighted by atomic mass is 10.1. The van der Waals surface area contributed by atoms with Gasteiger partial charge in [0.25, 0.3) is 0 Å². The summed E-state index contributed by atoms with van der Waals surface area (Å²) in [5.41, 5.74) is 1.39. The van der Waals surface area contributed by atoms with Crippen LogP contribution >= 0.6 is 0 Å². The van der Waals surface area contributed by atoms with Gasteiger partial charge in [-0.25, -0.2) is 4.79 Å². The van der Waals surface area contributed by atoms with Crippen molar-refractivity contribution in [1.29, 1.82) is 0 Å². The number of aromatic carboxylic acids is 1. The molecule has 4 nitrogen and oxygen atoms in total. The highest BCUT2D eigenvalue weighted by atomic mass is 16.4. The minimum atomic E-state index is -0.894. The molecule has 0 aliphatic rings. The molecule has 1 heterocycles. The molecule has 0 bridgehead atoms. The highest BCUT2D eigenvalue weighted by Crippen LogP contribution is 2.13. The Hall–Kier alpha value is -2.23. The number of nitrogens with one attached hydrogen (secondary N) is 1. The van der Waals surface area contributed by atoms with Crippen LogP contribution in [-0.4, -0.2) is 23.1 Å². The fourth-order valence-corrected chi connectivity index (χ4v) is 1.67. The molecule has 0 unspecified atom stereocenters. The number of nitrogens with zero attached hydrogens (tertiary/aromatic N) is 1. The zero-order valence-corrected chi connectivity index (χ0v) is 9.55. The van der Waals surface area contributed by atoms with Crippen LogP contribution in [0.3, 0.4) is 0 Å². The molecule has 0 aliphatic heterocycles. The van der Waals surface area contributed by atoms with E-state index in [2.05, 4.69) is 9.88 Å². The molecule has 0 atom stereocenters. The van der Waals surface area contributed by atoms with Crippen LogP contribution in [0.5, 0.6) is 0 Å². The van der Waals surface area contributed by atoms with Gasteiger partial charge in [-0.15, -0.1) is 0 Å². The van der Waals surface area contributed by atoms with E-state index in [0.717, 1.165) is 17.9 Å². The lowest BCUT2D eigenvalue weighted by Crippen LogP contribution is -2.16. The molecule has 4 heteroatoms. The first-order valence-corrected chi connectivity index (χ1v) is 5.33. The molecule has 0 fully saturated rings. The number of carboxylic acids is 1. The van der Waals surface area contributed by atoms with E-state index in [1.165, 1.54) is 0 Å². The monoisotopic (exact) mass is 230 g/mol. The molecule has 1 aromatic carbocycles. The van der Waals surface area contributed by atoms with E-state index in [1.54, 1.807) is 12.1 Å². The zero-order valence-electron chi connectivity index (χ0n) is 9.55. The fourth-order valence-electron chi connectivity index (χ4n) is 1.67. The van der Waals surface area contributed by atoms with E-state index in [1.807, 2.05) is 37.5 Å². The lowest BCUT2D eigenvalue weighted by molar-refractivity contribution is 0.0697. The molecule has 2 aromatic rings. The van der Waals surface area contributed by atoms with Gasteiger partial charge in [0.2, 0.25) is 0 Å². The molecule has 2 rings (SSSR count). The van der Waals surface area contributed by atoms with Crippen LogP contribution in [0.1, 0.15) is 15.9 Å². The van der Waals surface area contributed by atoms with Gasteiger partial charge in [0.05, 0.1) is 5.56 Å². The number of aromatic nitrogens is 1. The summed E-state index contributed by atoms with van der Waals surface area (Å²) in [6, 6.07) is 10.9. The number of H-pyrrole nitrogens is 1. The molecule has 17 heavy (non-hydrogen) atoms. The van der Waals surface area contributed by atoms with Gasteiger partial charge in [-0.1, -0.05) is 12.1 Å². The summed E-state index contributed by atoms with van der Waals surface area (Å²) in [5.74, 6) is 0.140. The molecule has 0 aliphatic carbocycles. The predicted molar refractivity (Wildman–Crippen MR) is 66.3 cm³/mol. The molecular formula is C13H14N2O2. The van der Waals surface area contributed by atoms with E-state index in [0.29, 0.717) is 5.56 Å². The largest absolute Gasteiger partial charge is 0.478 e. The van der Waals surface area contributed by atoms with Gasteiger partial charge in [-0.2, -0.15) is 0 Å². The van der Waals surface area contributed by atoms with Gasteiger partial charge in [0.15, 0.2) is 0 Å². The molecule has 0 saturated heterocycles. The molecule has 0 spiro atoms. The first kappa shape index (κ1) is 11.3. The Balaban J connectivity index is 2.06. The fraction of sp³-hybridized carbons (Fsp3) is 0.154. The normalized spacial score (nSPS) is 10.2. The highest BCUT2D eigenvalue weighted by molar-refractivity contribution is 5.87. The smallest absolute Gasteiger partial charge is 0.335 e.